The molecule has 1 fully saturated rings. The van der Waals surface area contributed by atoms with E-state index in [1.165, 1.54) is 4.88 Å². The summed E-state index contributed by atoms with van der Waals surface area (Å²) in [6, 6.07) is 2.34. The molecule has 114 valence electrons. The minimum Gasteiger partial charge on any atom is -0.496 e. The molecule has 4 heteroatoms. The highest BCUT2D eigenvalue weighted by Gasteiger charge is 2.49. The lowest BCUT2D eigenvalue weighted by molar-refractivity contribution is -0.0777. The molecule has 0 spiro atoms. The van der Waals surface area contributed by atoms with Crippen molar-refractivity contribution in [2.45, 2.75) is 58.3 Å². The number of ether oxygens (including phenoxy) is 2. The lowest BCUT2D eigenvalue weighted by Crippen LogP contribution is -2.38. The van der Waals surface area contributed by atoms with Gasteiger partial charge in [-0.05, 0) is 52.1 Å². The molecule has 0 aromatic carbocycles. The average Bonchev–Trinajstić information content (AvgIpc) is 2.87. The molecule has 1 saturated heterocycles. The molecule has 1 aliphatic rings. The fraction of sp³-hybridized carbons (Fsp3) is 0.750. The quantitative estimate of drug-likeness (QED) is 0.891. The fourth-order valence-electron chi connectivity index (χ4n) is 3.47. The van der Waals surface area contributed by atoms with Crippen molar-refractivity contribution < 1.29 is 9.47 Å². The van der Waals surface area contributed by atoms with E-state index in [4.69, 9.17) is 9.47 Å². The molecule has 3 nitrogen and oxygen atoms in total. The SMILES string of the molecule is CCNC(c1sccc1OC)C1CC(C)(C)OC1(C)C. The van der Waals surface area contributed by atoms with Gasteiger partial charge < -0.3 is 14.8 Å². The number of hydrogen-bond acceptors (Lipinski definition) is 4. The summed E-state index contributed by atoms with van der Waals surface area (Å²) in [5.74, 6) is 1.42. The van der Waals surface area contributed by atoms with Gasteiger partial charge in [0.15, 0.2) is 0 Å². The zero-order chi connectivity index (χ0) is 15.0. The molecule has 2 atom stereocenters. The number of nitrogens with one attached hydrogen (secondary N) is 1. The van der Waals surface area contributed by atoms with Gasteiger partial charge in [-0.15, -0.1) is 11.3 Å². The molecule has 0 saturated carbocycles. The molecule has 1 aliphatic heterocycles. The first-order valence-electron chi connectivity index (χ1n) is 7.35. The van der Waals surface area contributed by atoms with Crippen molar-refractivity contribution in [3.63, 3.8) is 0 Å². The van der Waals surface area contributed by atoms with Crippen LogP contribution in [-0.4, -0.2) is 24.9 Å². The summed E-state index contributed by atoms with van der Waals surface area (Å²) in [4.78, 5) is 1.29. The van der Waals surface area contributed by atoms with E-state index in [1.54, 1.807) is 18.4 Å². The summed E-state index contributed by atoms with van der Waals surface area (Å²) in [7, 11) is 1.74. The Morgan fingerprint density at radius 1 is 1.45 bits per heavy atom. The fourth-order valence-corrected chi connectivity index (χ4v) is 4.47. The third-order valence-corrected chi connectivity index (χ3v) is 5.11. The van der Waals surface area contributed by atoms with Gasteiger partial charge in [0.25, 0.3) is 0 Å². The van der Waals surface area contributed by atoms with E-state index >= 15 is 0 Å². The number of thiophene rings is 1. The van der Waals surface area contributed by atoms with Crippen LogP contribution in [0.2, 0.25) is 0 Å². The monoisotopic (exact) mass is 297 g/mol. The highest BCUT2D eigenvalue weighted by atomic mass is 32.1. The van der Waals surface area contributed by atoms with Crippen LogP contribution in [-0.2, 0) is 4.74 Å². The Morgan fingerprint density at radius 3 is 2.65 bits per heavy atom. The van der Waals surface area contributed by atoms with Crippen molar-refractivity contribution in [1.82, 2.24) is 5.32 Å². The van der Waals surface area contributed by atoms with Gasteiger partial charge in [-0.25, -0.2) is 0 Å². The first kappa shape index (κ1) is 15.8. The van der Waals surface area contributed by atoms with E-state index in [2.05, 4.69) is 51.4 Å². The number of methoxy groups -OCH3 is 1. The third kappa shape index (κ3) is 3.02. The predicted octanol–water partition coefficient (Wildman–Crippen LogP) is 4.00. The Labute approximate surface area is 126 Å². The topological polar surface area (TPSA) is 30.5 Å². The second-order valence-electron chi connectivity index (χ2n) is 6.66. The van der Waals surface area contributed by atoms with Crippen LogP contribution in [0.1, 0.15) is 52.0 Å². The lowest BCUT2D eigenvalue weighted by Gasteiger charge is -2.33. The van der Waals surface area contributed by atoms with E-state index in [1.807, 2.05) is 0 Å². The van der Waals surface area contributed by atoms with Crippen molar-refractivity contribution in [2.75, 3.05) is 13.7 Å². The van der Waals surface area contributed by atoms with Crippen molar-refractivity contribution >= 4 is 11.3 Å². The molecule has 1 N–H and O–H groups in total. The summed E-state index contributed by atoms with van der Waals surface area (Å²) in [6.07, 6.45) is 1.05. The molecule has 0 aliphatic carbocycles. The Bertz CT molecular complexity index is 453. The van der Waals surface area contributed by atoms with Crippen molar-refractivity contribution in [3.8, 4) is 5.75 Å². The molecule has 0 radical (unpaired) electrons. The predicted molar refractivity (Wildman–Crippen MR) is 84.6 cm³/mol. The molecular formula is C16H27NO2S. The average molecular weight is 297 g/mol. The summed E-state index contributed by atoms with van der Waals surface area (Å²) < 4.78 is 11.8. The molecule has 1 aromatic rings. The highest BCUT2D eigenvalue weighted by Crippen LogP contribution is 2.49. The van der Waals surface area contributed by atoms with Crippen LogP contribution in [0, 0.1) is 5.92 Å². The summed E-state index contributed by atoms with van der Waals surface area (Å²) >= 11 is 1.77. The standard InChI is InChI=1S/C16H27NO2S/c1-7-17-13(14-12(18-6)8-9-20-14)11-10-15(2,3)19-16(11,4)5/h8-9,11,13,17H,7,10H2,1-6H3. The maximum atomic E-state index is 6.27. The first-order chi connectivity index (χ1) is 9.30. The molecule has 2 rings (SSSR count). The Balaban J connectivity index is 2.34. The highest BCUT2D eigenvalue weighted by molar-refractivity contribution is 7.10. The van der Waals surface area contributed by atoms with Gasteiger partial charge in [-0.3, -0.25) is 0 Å². The first-order valence-corrected chi connectivity index (χ1v) is 8.23. The van der Waals surface area contributed by atoms with E-state index in [0.29, 0.717) is 5.92 Å². The van der Waals surface area contributed by atoms with Crippen LogP contribution >= 0.6 is 11.3 Å². The van der Waals surface area contributed by atoms with Crippen LogP contribution < -0.4 is 10.1 Å². The molecule has 0 bridgehead atoms. The lowest BCUT2D eigenvalue weighted by atomic mass is 9.81. The van der Waals surface area contributed by atoms with Crippen LogP contribution in [0.15, 0.2) is 11.4 Å². The third-order valence-electron chi connectivity index (χ3n) is 4.13. The largest absolute Gasteiger partial charge is 0.496 e. The molecular weight excluding hydrogens is 270 g/mol. The van der Waals surface area contributed by atoms with Gasteiger partial charge in [-0.1, -0.05) is 6.92 Å². The van der Waals surface area contributed by atoms with Crippen LogP contribution in [0.4, 0.5) is 0 Å². The van der Waals surface area contributed by atoms with Crippen molar-refractivity contribution in [2.24, 2.45) is 5.92 Å². The Hall–Kier alpha value is -0.580. The summed E-state index contributed by atoms with van der Waals surface area (Å²) in [5.41, 5.74) is -0.197. The van der Waals surface area contributed by atoms with Crippen LogP contribution in [0.25, 0.3) is 0 Å². The van der Waals surface area contributed by atoms with Gasteiger partial charge in [0.1, 0.15) is 5.75 Å². The molecule has 20 heavy (non-hydrogen) atoms. The maximum Gasteiger partial charge on any atom is 0.134 e. The molecule has 2 heterocycles. The zero-order valence-corrected chi connectivity index (χ0v) is 14.3. The van der Waals surface area contributed by atoms with Crippen molar-refractivity contribution in [1.29, 1.82) is 0 Å². The second-order valence-corrected chi connectivity index (χ2v) is 7.61. The van der Waals surface area contributed by atoms with Gasteiger partial charge >= 0.3 is 0 Å². The van der Waals surface area contributed by atoms with Gasteiger partial charge in [0.2, 0.25) is 0 Å². The van der Waals surface area contributed by atoms with E-state index < -0.39 is 0 Å². The maximum absolute atomic E-state index is 6.27. The number of rotatable bonds is 5. The van der Waals surface area contributed by atoms with Gasteiger partial charge in [0.05, 0.1) is 29.2 Å². The van der Waals surface area contributed by atoms with Gasteiger partial charge in [0, 0.05) is 5.92 Å². The number of hydrogen-bond donors (Lipinski definition) is 1. The minimum atomic E-state index is -0.134. The van der Waals surface area contributed by atoms with E-state index in [9.17, 15) is 0 Å². The normalized spacial score (nSPS) is 25.6. The minimum absolute atomic E-state index is 0.0632. The Morgan fingerprint density at radius 2 is 2.15 bits per heavy atom. The molecule has 1 aromatic heterocycles. The van der Waals surface area contributed by atoms with Crippen LogP contribution in [0.3, 0.4) is 0 Å². The smallest absolute Gasteiger partial charge is 0.134 e. The summed E-state index contributed by atoms with van der Waals surface area (Å²) in [5, 5.41) is 5.75. The van der Waals surface area contributed by atoms with E-state index in [0.717, 1.165) is 18.7 Å². The second kappa shape index (κ2) is 5.66. The van der Waals surface area contributed by atoms with Gasteiger partial charge in [-0.2, -0.15) is 0 Å². The van der Waals surface area contributed by atoms with E-state index in [-0.39, 0.29) is 17.2 Å². The zero-order valence-electron chi connectivity index (χ0n) is 13.4. The Kier molecular flexibility index (Phi) is 4.47. The van der Waals surface area contributed by atoms with Crippen LogP contribution in [0.5, 0.6) is 5.75 Å². The molecule has 0 amide bonds. The van der Waals surface area contributed by atoms with Crippen molar-refractivity contribution in [3.05, 3.63) is 16.3 Å². The molecule has 2 unspecified atom stereocenters. The summed E-state index contributed by atoms with van der Waals surface area (Å²) in [6.45, 7) is 11.9.